The SMILES string of the molecule is C[C@@H]1NC(=O)[C@H]2CCCN2C(=O)[C@@H](Cc2ccccc2)NC(=O)COc2ccc(cc2)C[C@@H](C(=O)N(C)C2CCOCC2)NC1=O. The van der Waals surface area contributed by atoms with Gasteiger partial charge in [0.25, 0.3) is 5.91 Å². The average molecular weight is 634 g/mol. The monoisotopic (exact) mass is 633 g/mol. The summed E-state index contributed by atoms with van der Waals surface area (Å²) in [6, 6.07) is 12.7. The third-order valence-electron chi connectivity index (χ3n) is 8.94. The van der Waals surface area contributed by atoms with Gasteiger partial charge in [0.2, 0.25) is 23.6 Å². The van der Waals surface area contributed by atoms with Crippen molar-refractivity contribution in [3.05, 3.63) is 65.7 Å². The highest BCUT2D eigenvalue weighted by atomic mass is 16.5. The molecule has 246 valence electrons. The van der Waals surface area contributed by atoms with Gasteiger partial charge < -0.3 is 35.2 Å². The van der Waals surface area contributed by atoms with E-state index in [1.807, 2.05) is 30.3 Å². The summed E-state index contributed by atoms with van der Waals surface area (Å²) in [5.41, 5.74) is 1.63. The lowest BCUT2D eigenvalue weighted by Crippen LogP contribution is -2.58. The Bertz CT molecular complexity index is 1400. The molecule has 3 N–H and O–H groups in total. The maximum Gasteiger partial charge on any atom is 0.258 e. The van der Waals surface area contributed by atoms with E-state index in [-0.39, 0.29) is 37.3 Å². The van der Waals surface area contributed by atoms with Crippen LogP contribution in [0.15, 0.2) is 54.6 Å². The standard InChI is InChI=1S/C34H43N5O7/c1-22-31(41)37-27(33(43)38(2)25-14-17-45-18-15-25)20-24-10-12-26(13-11-24)46-21-30(40)36-28(19-23-7-4-3-5-8-23)34(44)39-16-6-9-29(39)32(42)35-22/h3-5,7-8,10-13,22,25,27-29H,6,9,14-21H2,1-2H3,(H,35,42)(H,36,40)(H,37,41)/t22-,27-,28+,29+/m0/s1. The van der Waals surface area contributed by atoms with Gasteiger partial charge in [0.05, 0.1) is 0 Å². The molecule has 5 amide bonds. The molecule has 46 heavy (non-hydrogen) atoms. The molecule has 2 aromatic rings. The van der Waals surface area contributed by atoms with Crippen LogP contribution in [0.2, 0.25) is 0 Å². The molecule has 0 unspecified atom stereocenters. The first-order valence-electron chi connectivity index (χ1n) is 16.0. The Morgan fingerprint density at radius 3 is 2.35 bits per heavy atom. The summed E-state index contributed by atoms with van der Waals surface area (Å²) >= 11 is 0. The van der Waals surface area contributed by atoms with Crippen LogP contribution in [-0.4, -0.2) is 103 Å². The van der Waals surface area contributed by atoms with Crippen molar-refractivity contribution in [2.75, 3.05) is 33.4 Å². The fraction of sp³-hybridized carbons (Fsp3) is 0.500. The van der Waals surface area contributed by atoms with Crippen molar-refractivity contribution >= 4 is 29.5 Å². The number of fused-ring (bicyclic) bond motifs is 13. The Labute approximate surface area is 269 Å². The minimum Gasteiger partial charge on any atom is -0.484 e. The van der Waals surface area contributed by atoms with Gasteiger partial charge in [-0.3, -0.25) is 24.0 Å². The summed E-state index contributed by atoms with van der Waals surface area (Å²) < 4.78 is 11.2. The summed E-state index contributed by atoms with van der Waals surface area (Å²) in [7, 11) is 1.74. The molecule has 6 rings (SSSR count). The highest BCUT2D eigenvalue weighted by Gasteiger charge is 2.39. The zero-order valence-electron chi connectivity index (χ0n) is 26.4. The second-order valence-corrected chi connectivity index (χ2v) is 12.2. The number of carbonyl (C=O) groups excluding carboxylic acids is 5. The molecular weight excluding hydrogens is 590 g/mol. The fourth-order valence-electron chi connectivity index (χ4n) is 6.27. The first-order chi connectivity index (χ1) is 22.2. The van der Waals surface area contributed by atoms with Crippen LogP contribution in [0.1, 0.15) is 43.7 Å². The molecule has 2 fully saturated rings. The number of rotatable bonds is 4. The smallest absolute Gasteiger partial charge is 0.258 e. The summed E-state index contributed by atoms with van der Waals surface area (Å²) in [6.07, 6.45) is 2.89. The van der Waals surface area contributed by atoms with Gasteiger partial charge in [0, 0.05) is 45.7 Å². The molecule has 4 aliphatic heterocycles. The van der Waals surface area contributed by atoms with Crippen LogP contribution in [0, 0.1) is 0 Å². The van der Waals surface area contributed by atoms with E-state index in [2.05, 4.69) is 16.0 Å². The first kappa shape index (κ1) is 32.9. The predicted octanol–water partition coefficient (Wildman–Crippen LogP) is 0.967. The Morgan fingerprint density at radius 2 is 1.63 bits per heavy atom. The predicted molar refractivity (Wildman–Crippen MR) is 169 cm³/mol. The number of benzene rings is 2. The van der Waals surface area contributed by atoms with Crippen LogP contribution in [0.5, 0.6) is 5.75 Å². The van der Waals surface area contributed by atoms with Crippen LogP contribution in [0.3, 0.4) is 0 Å². The zero-order valence-corrected chi connectivity index (χ0v) is 26.4. The van der Waals surface area contributed by atoms with Crippen molar-refractivity contribution in [2.24, 2.45) is 0 Å². The quantitative estimate of drug-likeness (QED) is 0.455. The van der Waals surface area contributed by atoms with E-state index >= 15 is 0 Å². The number of likely N-dealkylation sites (N-methyl/N-ethyl adjacent to an activating group) is 1. The van der Waals surface area contributed by atoms with Crippen molar-refractivity contribution < 1.29 is 33.4 Å². The van der Waals surface area contributed by atoms with E-state index in [1.165, 1.54) is 4.90 Å². The Morgan fingerprint density at radius 1 is 0.913 bits per heavy atom. The van der Waals surface area contributed by atoms with Crippen molar-refractivity contribution in [1.82, 2.24) is 25.8 Å². The third-order valence-corrected chi connectivity index (χ3v) is 8.94. The molecule has 2 aromatic carbocycles. The first-order valence-corrected chi connectivity index (χ1v) is 16.0. The molecule has 0 saturated carbocycles. The summed E-state index contributed by atoms with van der Waals surface area (Å²) in [5, 5.41) is 8.45. The van der Waals surface area contributed by atoms with E-state index in [0.29, 0.717) is 51.2 Å². The number of nitrogens with one attached hydrogen (secondary N) is 3. The molecule has 0 aromatic heterocycles. The van der Waals surface area contributed by atoms with Crippen molar-refractivity contribution in [1.29, 1.82) is 0 Å². The molecule has 4 aliphatic rings. The molecule has 0 aliphatic carbocycles. The van der Waals surface area contributed by atoms with Gasteiger partial charge in [-0.15, -0.1) is 0 Å². The molecule has 12 heteroatoms. The number of nitrogens with zero attached hydrogens (tertiary/aromatic N) is 2. The third kappa shape index (κ3) is 8.22. The zero-order chi connectivity index (χ0) is 32.6. The molecule has 4 atom stereocenters. The summed E-state index contributed by atoms with van der Waals surface area (Å²) in [4.78, 5) is 70.8. The van der Waals surface area contributed by atoms with Crippen LogP contribution in [0.25, 0.3) is 0 Å². The topological polar surface area (TPSA) is 146 Å². The molecule has 0 spiro atoms. The fourth-order valence-corrected chi connectivity index (χ4v) is 6.27. The van der Waals surface area contributed by atoms with Crippen molar-refractivity contribution in [2.45, 2.75) is 75.7 Å². The molecule has 0 radical (unpaired) electrons. The normalized spacial score (nSPS) is 25.2. The van der Waals surface area contributed by atoms with Gasteiger partial charge in [0.1, 0.15) is 29.9 Å². The van der Waals surface area contributed by atoms with Gasteiger partial charge in [-0.2, -0.15) is 0 Å². The maximum absolute atomic E-state index is 13.9. The van der Waals surface area contributed by atoms with Crippen LogP contribution >= 0.6 is 0 Å². The highest BCUT2D eigenvalue weighted by molar-refractivity contribution is 5.96. The van der Waals surface area contributed by atoms with Crippen molar-refractivity contribution in [3.63, 3.8) is 0 Å². The maximum atomic E-state index is 13.9. The average Bonchev–Trinajstić information content (AvgIpc) is 3.57. The van der Waals surface area contributed by atoms with Crippen LogP contribution < -0.4 is 20.7 Å². The van der Waals surface area contributed by atoms with E-state index in [0.717, 1.165) is 11.1 Å². The lowest BCUT2D eigenvalue weighted by molar-refractivity contribution is -0.142. The van der Waals surface area contributed by atoms with E-state index in [1.54, 1.807) is 43.1 Å². The van der Waals surface area contributed by atoms with Gasteiger partial charge in [-0.25, -0.2) is 0 Å². The number of carbonyl (C=O) groups is 5. The Kier molecular flexibility index (Phi) is 10.9. The number of ether oxygens (including phenoxy) is 2. The number of amides is 5. The van der Waals surface area contributed by atoms with E-state index in [4.69, 9.17) is 9.47 Å². The van der Waals surface area contributed by atoms with E-state index < -0.39 is 41.9 Å². The Balaban J connectivity index is 1.39. The molecule has 2 bridgehead atoms. The minimum atomic E-state index is -0.966. The molecule has 12 nitrogen and oxygen atoms in total. The van der Waals surface area contributed by atoms with Gasteiger partial charge >= 0.3 is 0 Å². The van der Waals surface area contributed by atoms with Gasteiger partial charge in [-0.05, 0) is 55.9 Å². The van der Waals surface area contributed by atoms with Crippen molar-refractivity contribution in [3.8, 4) is 5.75 Å². The van der Waals surface area contributed by atoms with Gasteiger partial charge in [-0.1, -0.05) is 42.5 Å². The van der Waals surface area contributed by atoms with E-state index in [9.17, 15) is 24.0 Å². The summed E-state index contributed by atoms with van der Waals surface area (Å²) in [6.45, 7) is 2.72. The van der Waals surface area contributed by atoms with Crippen LogP contribution in [-0.2, 0) is 41.6 Å². The second-order valence-electron chi connectivity index (χ2n) is 12.2. The number of hydrogen-bond donors (Lipinski definition) is 3. The second kappa shape index (κ2) is 15.2. The molecule has 2 saturated heterocycles. The lowest BCUT2D eigenvalue weighted by atomic mass is 10.0. The highest BCUT2D eigenvalue weighted by Crippen LogP contribution is 2.21. The lowest BCUT2D eigenvalue weighted by Gasteiger charge is -2.34. The van der Waals surface area contributed by atoms with Gasteiger partial charge in [0.15, 0.2) is 6.61 Å². The molecule has 4 heterocycles. The minimum absolute atomic E-state index is 0.00853. The Hall–Kier alpha value is -4.45. The number of hydrogen-bond acceptors (Lipinski definition) is 7. The van der Waals surface area contributed by atoms with Crippen LogP contribution in [0.4, 0.5) is 0 Å². The summed E-state index contributed by atoms with van der Waals surface area (Å²) in [5.74, 6) is -1.61. The largest absolute Gasteiger partial charge is 0.484 e. The molecular formula is C34H43N5O7.